The zero-order chi connectivity index (χ0) is 20.9. The Morgan fingerprint density at radius 2 is 1.64 bits per heavy atom. The highest BCUT2D eigenvalue weighted by Crippen LogP contribution is 2.22. The summed E-state index contributed by atoms with van der Waals surface area (Å²) >= 11 is 0. The third-order valence-corrected chi connectivity index (χ3v) is 4.29. The number of ether oxygens (including phenoxy) is 1. The first-order chi connectivity index (χ1) is 13.1. The average molecular weight is 386 g/mol. The van der Waals surface area contributed by atoms with Crippen LogP contribution in [0.1, 0.15) is 26.3 Å². The van der Waals surface area contributed by atoms with Gasteiger partial charge < -0.3 is 15.0 Å². The van der Waals surface area contributed by atoms with Crippen LogP contribution in [-0.2, 0) is 16.1 Å². The number of nitrogens with one attached hydrogen (secondary N) is 1. The van der Waals surface area contributed by atoms with Gasteiger partial charge in [-0.05, 0) is 62.4 Å². The van der Waals surface area contributed by atoms with Gasteiger partial charge in [-0.2, -0.15) is 0 Å². The van der Waals surface area contributed by atoms with Crippen LogP contribution in [0.5, 0.6) is 5.75 Å². The van der Waals surface area contributed by atoms with E-state index in [4.69, 9.17) is 4.74 Å². The highest BCUT2D eigenvalue weighted by molar-refractivity contribution is 5.85. The molecule has 1 N–H and O–H groups in total. The van der Waals surface area contributed by atoms with E-state index in [9.17, 15) is 9.59 Å². The van der Waals surface area contributed by atoms with E-state index in [1.807, 2.05) is 51.1 Å². The number of hydrogen-bond donors (Lipinski definition) is 1. The van der Waals surface area contributed by atoms with Gasteiger partial charge in [0.1, 0.15) is 5.75 Å². The Balaban J connectivity index is 1.92. The lowest BCUT2D eigenvalue weighted by atomic mass is 10.1. The lowest BCUT2D eigenvalue weighted by molar-refractivity contribution is -0.132. The normalized spacial score (nSPS) is 11.5. The fourth-order valence-electron chi connectivity index (χ4n) is 2.97. The number of carbonyl (C=O) groups is 2. The van der Waals surface area contributed by atoms with Crippen LogP contribution in [-0.4, -0.2) is 61.4 Å². The number of hydrogen-bond acceptors (Lipinski definition) is 4. The van der Waals surface area contributed by atoms with Crippen LogP contribution in [0, 0.1) is 0 Å². The second kappa shape index (κ2) is 9.06. The van der Waals surface area contributed by atoms with Crippen LogP contribution in [0.15, 0.2) is 36.4 Å². The molecule has 2 aromatic rings. The van der Waals surface area contributed by atoms with Gasteiger partial charge in [-0.15, -0.1) is 0 Å². The van der Waals surface area contributed by atoms with E-state index in [0.717, 1.165) is 22.1 Å². The van der Waals surface area contributed by atoms with Crippen molar-refractivity contribution in [2.75, 3.05) is 34.3 Å². The zero-order valence-corrected chi connectivity index (χ0v) is 17.7. The lowest BCUT2D eigenvalue weighted by Crippen LogP contribution is -2.46. The maximum absolute atomic E-state index is 12.5. The monoisotopic (exact) mass is 385 g/mol. The first-order valence-corrected chi connectivity index (χ1v) is 9.37. The minimum absolute atomic E-state index is 0.0270. The summed E-state index contributed by atoms with van der Waals surface area (Å²) in [5.41, 5.74) is 0.778. The third kappa shape index (κ3) is 6.53. The molecule has 28 heavy (non-hydrogen) atoms. The summed E-state index contributed by atoms with van der Waals surface area (Å²) in [6.45, 7) is 6.70. The molecule has 0 aromatic heterocycles. The van der Waals surface area contributed by atoms with Crippen LogP contribution in [0.2, 0.25) is 0 Å². The molecule has 0 bridgehead atoms. The van der Waals surface area contributed by atoms with Crippen LogP contribution in [0.25, 0.3) is 10.8 Å². The first kappa shape index (κ1) is 21.7. The molecule has 0 fully saturated rings. The van der Waals surface area contributed by atoms with Crippen molar-refractivity contribution in [1.82, 2.24) is 15.1 Å². The van der Waals surface area contributed by atoms with Crippen molar-refractivity contribution in [3.63, 3.8) is 0 Å². The van der Waals surface area contributed by atoms with Gasteiger partial charge in [0.15, 0.2) is 0 Å². The van der Waals surface area contributed by atoms with Crippen LogP contribution >= 0.6 is 0 Å². The lowest BCUT2D eigenvalue weighted by Gasteiger charge is -2.24. The molecule has 0 radical (unpaired) electrons. The minimum atomic E-state index is -0.279. The SMILES string of the molecule is COc1ccc2cc(CN(C)C(=O)CN(C)CC(=O)NC(C)(C)C)ccc2c1. The predicted molar refractivity (Wildman–Crippen MR) is 112 cm³/mol. The molecule has 0 unspecified atom stereocenters. The van der Waals surface area contributed by atoms with Crippen molar-refractivity contribution in [2.24, 2.45) is 0 Å². The summed E-state index contributed by atoms with van der Waals surface area (Å²) in [5, 5.41) is 5.11. The molecule has 2 rings (SSSR count). The Labute approximate surface area is 167 Å². The number of nitrogens with zero attached hydrogens (tertiary/aromatic N) is 2. The average Bonchev–Trinajstić information content (AvgIpc) is 2.59. The molecular weight excluding hydrogens is 354 g/mol. The molecule has 152 valence electrons. The molecule has 0 saturated carbocycles. The van der Waals surface area contributed by atoms with Crippen molar-refractivity contribution in [3.8, 4) is 5.75 Å². The maximum atomic E-state index is 12.5. The second-order valence-electron chi connectivity index (χ2n) is 8.27. The molecule has 2 amide bonds. The Kier molecular flexibility index (Phi) is 7.02. The zero-order valence-electron chi connectivity index (χ0n) is 17.7. The molecule has 0 saturated heterocycles. The summed E-state index contributed by atoms with van der Waals surface area (Å²) < 4.78 is 5.25. The van der Waals surface area contributed by atoms with Gasteiger partial charge in [0.25, 0.3) is 0 Å². The van der Waals surface area contributed by atoms with Crippen molar-refractivity contribution < 1.29 is 14.3 Å². The van der Waals surface area contributed by atoms with E-state index in [0.29, 0.717) is 6.54 Å². The van der Waals surface area contributed by atoms with E-state index < -0.39 is 0 Å². The summed E-state index contributed by atoms with van der Waals surface area (Å²) in [6, 6.07) is 12.1. The van der Waals surface area contributed by atoms with Gasteiger partial charge in [0, 0.05) is 19.1 Å². The first-order valence-electron chi connectivity index (χ1n) is 9.37. The summed E-state index contributed by atoms with van der Waals surface area (Å²) in [5.74, 6) is 0.711. The Morgan fingerprint density at radius 3 is 2.29 bits per heavy atom. The second-order valence-corrected chi connectivity index (χ2v) is 8.27. The van der Waals surface area contributed by atoms with Gasteiger partial charge in [-0.25, -0.2) is 0 Å². The molecule has 0 aliphatic carbocycles. The maximum Gasteiger partial charge on any atom is 0.236 e. The molecule has 2 aromatic carbocycles. The molecule has 0 aliphatic heterocycles. The standard InChI is InChI=1S/C22H31N3O3/c1-22(2,3)23-20(26)14-24(4)15-21(27)25(5)13-16-7-8-18-12-19(28-6)10-9-17(18)11-16/h7-12H,13-15H2,1-6H3,(H,23,26). The smallest absolute Gasteiger partial charge is 0.236 e. The van der Waals surface area contributed by atoms with Crippen molar-refractivity contribution >= 4 is 22.6 Å². The Hall–Kier alpha value is -2.60. The van der Waals surface area contributed by atoms with Gasteiger partial charge in [0.2, 0.25) is 11.8 Å². The van der Waals surface area contributed by atoms with E-state index >= 15 is 0 Å². The van der Waals surface area contributed by atoms with Gasteiger partial charge in [-0.3, -0.25) is 14.5 Å². The van der Waals surface area contributed by atoms with Crippen LogP contribution in [0.3, 0.4) is 0 Å². The van der Waals surface area contributed by atoms with Gasteiger partial charge in [-0.1, -0.05) is 18.2 Å². The number of rotatable bonds is 7. The van der Waals surface area contributed by atoms with E-state index in [1.165, 1.54) is 0 Å². The van der Waals surface area contributed by atoms with E-state index in [1.54, 1.807) is 31.0 Å². The van der Waals surface area contributed by atoms with Gasteiger partial charge in [0.05, 0.1) is 20.2 Å². The molecular formula is C22H31N3O3. The van der Waals surface area contributed by atoms with Crippen molar-refractivity contribution in [2.45, 2.75) is 32.9 Å². The Morgan fingerprint density at radius 1 is 1.00 bits per heavy atom. The minimum Gasteiger partial charge on any atom is -0.497 e. The molecule has 0 atom stereocenters. The highest BCUT2D eigenvalue weighted by atomic mass is 16.5. The topological polar surface area (TPSA) is 61.9 Å². The van der Waals surface area contributed by atoms with Gasteiger partial charge >= 0.3 is 0 Å². The Bertz CT molecular complexity index is 843. The number of methoxy groups -OCH3 is 1. The number of amides is 2. The molecule has 0 aliphatic rings. The van der Waals surface area contributed by atoms with Crippen molar-refractivity contribution in [3.05, 3.63) is 42.0 Å². The number of likely N-dealkylation sites (N-methyl/N-ethyl adjacent to an activating group) is 2. The summed E-state index contributed by atoms with van der Waals surface area (Å²) in [4.78, 5) is 27.9. The van der Waals surface area contributed by atoms with Crippen LogP contribution < -0.4 is 10.1 Å². The molecule has 6 nitrogen and oxygen atoms in total. The predicted octanol–water partition coefficient (Wildman–Crippen LogP) is 2.65. The summed E-state index contributed by atoms with van der Waals surface area (Å²) in [7, 11) is 5.21. The quantitative estimate of drug-likeness (QED) is 0.796. The molecule has 0 spiro atoms. The number of carbonyl (C=O) groups excluding carboxylic acids is 2. The molecule has 6 heteroatoms. The number of benzene rings is 2. The largest absolute Gasteiger partial charge is 0.497 e. The van der Waals surface area contributed by atoms with E-state index in [-0.39, 0.29) is 30.4 Å². The number of fused-ring (bicyclic) bond motifs is 1. The highest BCUT2D eigenvalue weighted by Gasteiger charge is 2.18. The van der Waals surface area contributed by atoms with E-state index in [2.05, 4.69) is 11.4 Å². The third-order valence-electron chi connectivity index (χ3n) is 4.29. The molecule has 0 heterocycles. The van der Waals surface area contributed by atoms with Crippen molar-refractivity contribution in [1.29, 1.82) is 0 Å². The fraction of sp³-hybridized carbons (Fsp3) is 0.455. The summed E-state index contributed by atoms with van der Waals surface area (Å²) in [6.07, 6.45) is 0. The fourth-order valence-corrected chi connectivity index (χ4v) is 2.97. The van der Waals surface area contributed by atoms with Crippen LogP contribution in [0.4, 0.5) is 0 Å².